The van der Waals surface area contributed by atoms with Crippen LogP contribution in [-0.4, -0.2) is 15.0 Å². The fourth-order valence-electron chi connectivity index (χ4n) is 6.46. The molecule has 0 bridgehead atoms. The predicted octanol–water partition coefficient (Wildman–Crippen LogP) is 11.3. The first-order valence-electron chi connectivity index (χ1n) is 15.7. The van der Waals surface area contributed by atoms with Gasteiger partial charge in [-0.05, 0) is 51.2 Å². The molecule has 0 spiro atoms. The van der Waals surface area contributed by atoms with E-state index in [0.717, 1.165) is 55.3 Å². The van der Waals surface area contributed by atoms with E-state index in [1.54, 1.807) is 0 Å². The van der Waals surface area contributed by atoms with Gasteiger partial charge in [0.1, 0.15) is 11.2 Å². The average Bonchev–Trinajstić information content (AvgIpc) is 3.53. The molecule has 0 saturated heterocycles. The molecule has 0 aliphatic rings. The molecular formula is C43H27N3O. The van der Waals surface area contributed by atoms with E-state index in [1.165, 1.54) is 16.3 Å². The highest BCUT2D eigenvalue weighted by Gasteiger charge is 2.18. The number of nitrogens with zero attached hydrogens (tertiary/aromatic N) is 3. The van der Waals surface area contributed by atoms with Crippen LogP contribution in [0.4, 0.5) is 0 Å². The highest BCUT2D eigenvalue weighted by molar-refractivity contribution is 6.13. The molecular weight excluding hydrogens is 574 g/mol. The van der Waals surface area contributed by atoms with Crippen molar-refractivity contribution in [3.05, 3.63) is 164 Å². The van der Waals surface area contributed by atoms with Crippen molar-refractivity contribution in [1.82, 2.24) is 15.0 Å². The maximum absolute atomic E-state index is 6.42. The Morgan fingerprint density at radius 1 is 0.340 bits per heavy atom. The monoisotopic (exact) mass is 601 g/mol. The summed E-state index contributed by atoms with van der Waals surface area (Å²) < 4.78 is 6.42. The van der Waals surface area contributed by atoms with Gasteiger partial charge < -0.3 is 4.42 Å². The number of hydrogen-bond acceptors (Lipinski definition) is 4. The minimum Gasteiger partial charge on any atom is -0.456 e. The highest BCUT2D eigenvalue weighted by atomic mass is 16.3. The van der Waals surface area contributed by atoms with Crippen LogP contribution in [-0.2, 0) is 0 Å². The van der Waals surface area contributed by atoms with Crippen molar-refractivity contribution in [1.29, 1.82) is 0 Å². The average molecular weight is 602 g/mol. The lowest BCUT2D eigenvalue weighted by Crippen LogP contribution is -2.00. The zero-order valence-corrected chi connectivity index (χ0v) is 25.3. The summed E-state index contributed by atoms with van der Waals surface area (Å²) in [4.78, 5) is 15.1. The number of hydrogen-bond donors (Lipinski definition) is 0. The number of para-hydroxylation sites is 1. The quantitative estimate of drug-likeness (QED) is 0.197. The van der Waals surface area contributed by atoms with E-state index in [9.17, 15) is 0 Å². The fraction of sp³-hybridized carbons (Fsp3) is 0. The van der Waals surface area contributed by atoms with Gasteiger partial charge in [0.25, 0.3) is 0 Å². The van der Waals surface area contributed by atoms with Crippen LogP contribution in [0.15, 0.2) is 168 Å². The zero-order chi connectivity index (χ0) is 31.2. The highest BCUT2D eigenvalue weighted by Crippen LogP contribution is 2.40. The van der Waals surface area contributed by atoms with Crippen molar-refractivity contribution >= 4 is 32.7 Å². The maximum Gasteiger partial charge on any atom is 0.164 e. The fourth-order valence-corrected chi connectivity index (χ4v) is 6.46. The number of aromatic nitrogens is 3. The van der Waals surface area contributed by atoms with Gasteiger partial charge in [-0.15, -0.1) is 0 Å². The van der Waals surface area contributed by atoms with Crippen LogP contribution in [0.25, 0.3) is 89.1 Å². The van der Waals surface area contributed by atoms with Crippen LogP contribution in [0.2, 0.25) is 0 Å². The summed E-state index contributed by atoms with van der Waals surface area (Å²) in [6.07, 6.45) is 0. The predicted molar refractivity (Wildman–Crippen MR) is 192 cm³/mol. The van der Waals surface area contributed by atoms with Crippen LogP contribution in [0.1, 0.15) is 0 Å². The summed E-state index contributed by atoms with van der Waals surface area (Å²) in [6.45, 7) is 0. The van der Waals surface area contributed by atoms with E-state index >= 15 is 0 Å². The number of rotatable bonds is 5. The van der Waals surface area contributed by atoms with E-state index in [4.69, 9.17) is 19.4 Å². The van der Waals surface area contributed by atoms with Crippen LogP contribution in [0.3, 0.4) is 0 Å². The van der Waals surface area contributed by atoms with Crippen molar-refractivity contribution in [2.75, 3.05) is 0 Å². The Labute approximate surface area is 271 Å². The molecule has 2 heterocycles. The SMILES string of the molecule is c1ccc(-c2nc(-c3ccc(-c4cccc5ccccc45)cc3)nc(-c3cc(-c4ccccc4)c4c(c3)oc3ccccc34)n2)cc1. The molecule has 0 saturated carbocycles. The maximum atomic E-state index is 6.42. The third-order valence-corrected chi connectivity index (χ3v) is 8.73. The van der Waals surface area contributed by atoms with Gasteiger partial charge in [0.05, 0.1) is 0 Å². The smallest absolute Gasteiger partial charge is 0.164 e. The molecule has 2 aromatic heterocycles. The van der Waals surface area contributed by atoms with Gasteiger partial charge in [-0.2, -0.15) is 0 Å². The van der Waals surface area contributed by atoms with Crippen LogP contribution >= 0.6 is 0 Å². The van der Waals surface area contributed by atoms with Gasteiger partial charge in [0.15, 0.2) is 17.5 Å². The Kier molecular flexibility index (Phi) is 6.43. The molecule has 4 heteroatoms. The summed E-state index contributed by atoms with van der Waals surface area (Å²) in [6, 6.07) is 56.3. The molecule has 7 aromatic carbocycles. The molecule has 47 heavy (non-hydrogen) atoms. The second-order valence-electron chi connectivity index (χ2n) is 11.6. The van der Waals surface area contributed by atoms with Gasteiger partial charge in [-0.3, -0.25) is 0 Å². The molecule has 0 N–H and O–H groups in total. The molecule has 4 nitrogen and oxygen atoms in total. The third kappa shape index (κ3) is 4.84. The first-order valence-corrected chi connectivity index (χ1v) is 15.7. The Balaban J connectivity index is 1.22. The second-order valence-corrected chi connectivity index (χ2v) is 11.6. The third-order valence-electron chi connectivity index (χ3n) is 8.73. The van der Waals surface area contributed by atoms with Gasteiger partial charge in [-0.25, -0.2) is 15.0 Å². The number of furan rings is 1. The van der Waals surface area contributed by atoms with E-state index in [1.807, 2.05) is 48.5 Å². The van der Waals surface area contributed by atoms with E-state index < -0.39 is 0 Å². The van der Waals surface area contributed by atoms with Crippen LogP contribution in [0.5, 0.6) is 0 Å². The molecule has 9 aromatic rings. The standard InChI is InChI=1S/C43H27N3O/c1-3-12-29(13-4-1)37-26-33(27-39-40(37)36-19-9-10-21-38(36)47-39)43-45-41(31-15-5-2-6-16-31)44-42(46-43)32-24-22-30(23-25-32)35-20-11-17-28-14-7-8-18-34(28)35/h1-27H. The lowest BCUT2D eigenvalue weighted by Gasteiger charge is -2.11. The first kappa shape index (κ1) is 27.0. The van der Waals surface area contributed by atoms with Crippen molar-refractivity contribution in [3.63, 3.8) is 0 Å². The topological polar surface area (TPSA) is 51.8 Å². The minimum atomic E-state index is 0.589. The number of fused-ring (bicyclic) bond motifs is 4. The van der Waals surface area contributed by atoms with Gasteiger partial charge in [0, 0.05) is 27.5 Å². The molecule has 0 unspecified atom stereocenters. The summed E-state index contributed by atoms with van der Waals surface area (Å²) in [5, 5.41) is 4.62. The van der Waals surface area contributed by atoms with Crippen molar-refractivity contribution < 1.29 is 4.42 Å². The first-order chi connectivity index (χ1) is 23.3. The molecule has 0 fully saturated rings. The largest absolute Gasteiger partial charge is 0.456 e. The van der Waals surface area contributed by atoms with E-state index in [2.05, 4.69) is 115 Å². The molecule has 9 rings (SSSR count). The van der Waals surface area contributed by atoms with Gasteiger partial charge >= 0.3 is 0 Å². The molecule has 0 radical (unpaired) electrons. The zero-order valence-electron chi connectivity index (χ0n) is 25.3. The Morgan fingerprint density at radius 3 is 1.62 bits per heavy atom. The van der Waals surface area contributed by atoms with Gasteiger partial charge in [-0.1, -0.05) is 146 Å². The molecule has 0 aliphatic heterocycles. The van der Waals surface area contributed by atoms with Crippen LogP contribution in [0, 0.1) is 0 Å². The summed E-state index contributed by atoms with van der Waals surface area (Å²) in [7, 11) is 0. The van der Waals surface area contributed by atoms with Gasteiger partial charge in [0.2, 0.25) is 0 Å². The summed E-state index contributed by atoms with van der Waals surface area (Å²) in [5.41, 5.74) is 8.88. The number of benzene rings is 7. The van der Waals surface area contributed by atoms with Crippen molar-refractivity contribution in [2.45, 2.75) is 0 Å². The van der Waals surface area contributed by atoms with Crippen molar-refractivity contribution in [2.24, 2.45) is 0 Å². The second kappa shape index (κ2) is 11.2. The normalized spacial score (nSPS) is 11.4. The molecule has 0 aliphatic carbocycles. The van der Waals surface area contributed by atoms with E-state index in [0.29, 0.717) is 17.5 Å². The Morgan fingerprint density at radius 2 is 0.872 bits per heavy atom. The summed E-state index contributed by atoms with van der Waals surface area (Å²) in [5.74, 6) is 1.82. The Hall–Kier alpha value is -6.39. The molecule has 220 valence electrons. The minimum absolute atomic E-state index is 0.589. The molecule has 0 atom stereocenters. The van der Waals surface area contributed by atoms with E-state index in [-0.39, 0.29) is 0 Å². The Bertz CT molecular complexity index is 2550. The lowest BCUT2D eigenvalue weighted by molar-refractivity contribution is 0.669. The molecule has 0 amide bonds. The lowest BCUT2D eigenvalue weighted by atomic mass is 9.96. The van der Waals surface area contributed by atoms with Crippen LogP contribution < -0.4 is 0 Å². The van der Waals surface area contributed by atoms with Crippen molar-refractivity contribution in [3.8, 4) is 56.4 Å². The summed E-state index contributed by atoms with van der Waals surface area (Å²) >= 11 is 0.